The zero-order chi connectivity index (χ0) is 14.4. The minimum absolute atomic E-state index is 0.426. The number of likely N-dealkylation sites (N-methyl/N-ethyl adjacent to an activating group) is 1. The molecule has 1 aromatic carbocycles. The summed E-state index contributed by atoms with van der Waals surface area (Å²) in [7, 11) is 2.14. The van der Waals surface area contributed by atoms with Crippen LogP contribution in [0, 0.1) is 0 Å². The molecule has 20 heavy (non-hydrogen) atoms. The lowest BCUT2D eigenvalue weighted by Gasteiger charge is -2.19. The van der Waals surface area contributed by atoms with Crippen LogP contribution < -0.4 is 5.32 Å². The van der Waals surface area contributed by atoms with Crippen LogP contribution in [0.15, 0.2) is 41.8 Å². The molecule has 2 rings (SSSR count). The normalized spacial score (nSPS) is 12.8. The van der Waals surface area contributed by atoms with Crippen LogP contribution in [0.2, 0.25) is 5.02 Å². The van der Waals surface area contributed by atoms with Crippen molar-refractivity contribution in [2.45, 2.75) is 19.5 Å². The van der Waals surface area contributed by atoms with E-state index in [9.17, 15) is 0 Å². The van der Waals surface area contributed by atoms with E-state index < -0.39 is 0 Å². The van der Waals surface area contributed by atoms with E-state index in [2.05, 4.69) is 47.8 Å². The van der Waals surface area contributed by atoms with Gasteiger partial charge in [0.05, 0.1) is 0 Å². The molecule has 1 aromatic heterocycles. The van der Waals surface area contributed by atoms with E-state index in [-0.39, 0.29) is 0 Å². The van der Waals surface area contributed by atoms with Gasteiger partial charge in [-0.05, 0) is 43.1 Å². The maximum Gasteiger partial charge on any atom is 0.0409 e. The minimum atomic E-state index is 0.426. The fourth-order valence-electron chi connectivity index (χ4n) is 2.14. The maximum atomic E-state index is 6.00. The van der Waals surface area contributed by atoms with Gasteiger partial charge in [-0.25, -0.2) is 0 Å². The molecule has 0 fully saturated rings. The van der Waals surface area contributed by atoms with Crippen molar-refractivity contribution in [1.29, 1.82) is 0 Å². The fourth-order valence-corrected chi connectivity index (χ4v) is 3.11. The third-order valence-electron chi connectivity index (χ3n) is 3.26. The van der Waals surface area contributed by atoms with Gasteiger partial charge in [-0.15, -0.1) is 11.3 Å². The van der Waals surface area contributed by atoms with Crippen molar-refractivity contribution in [2.24, 2.45) is 0 Å². The average molecular weight is 309 g/mol. The molecule has 2 nitrogen and oxygen atoms in total. The number of nitrogens with one attached hydrogen (secondary N) is 1. The number of nitrogens with zero attached hydrogens (tertiary/aromatic N) is 1. The molecule has 0 aliphatic carbocycles. The highest BCUT2D eigenvalue weighted by atomic mass is 35.5. The van der Waals surface area contributed by atoms with Gasteiger partial charge < -0.3 is 10.2 Å². The summed E-state index contributed by atoms with van der Waals surface area (Å²) in [5.74, 6) is 0. The molecule has 0 radical (unpaired) electrons. The Balaban J connectivity index is 1.71. The second kappa shape index (κ2) is 7.79. The Morgan fingerprint density at radius 2 is 2.15 bits per heavy atom. The average Bonchev–Trinajstić information content (AvgIpc) is 2.92. The lowest BCUT2D eigenvalue weighted by molar-refractivity contribution is 0.319. The molecule has 0 aliphatic rings. The smallest absolute Gasteiger partial charge is 0.0409 e. The first kappa shape index (κ1) is 15.5. The molecule has 0 spiro atoms. The molecule has 1 heterocycles. The third kappa shape index (κ3) is 4.91. The van der Waals surface area contributed by atoms with Crippen molar-refractivity contribution in [3.8, 4) is 0 Å². The van der Waals surface area contributed by atoms with Crippen LogP contribution >= 0.6 is 22.9 Å². The van der Waals surface area contributed by atoms with Gasteiger partial charge in [0, 0.05) is 35.6 Å². The van der Waals surface area contributed by atoms with E-state index in [1.54, 1.807) is 11.3 Å². The van der Waals surface area contributed by atoms with Gasteiger partial charge in [0.2, 0.25) is 0 Å². The summed E-state index contributed by atoms with van der Waals surface area (Å²) in [6, 6.07) is 12.8. The summed E-state index contributed by atoms with van der Waals surface area (Å²) in [6.07, 6.45) is 0. The molecule has 0 bridgehead atoms. The summed E-state index contributed by atoms with van der Waals surface area (Å²) in [5.41, 5.74) is 1.26. The largest absolute Gasteiger partial charge is 0.308 e. The number of benzene rings is 1. The SMILES string of the molecule is CC(NCCN(C)Cc1cccc(Cl)c1)c1cccs1. The number of hydrogen-bond acceptors (Lipinski definition) is 3. The van der Waals surface area contributed by atoms with Gasteiger partial charge in [-0.2, -0.15) is 0 Å². The number of halogens is 1. The minimum Gasteiger partial charge on any atom is -0.308 e. The van der Waals surface area contributed by atoms with Crippen LogP contribution in [0.4, 0.5) is 0 Å². The summed E-state index contributed by atoms with van der Waals surface area (Å²) in [6.45, 7) is 5.14. The van der Waals surface area contributed by atoms with E-state index in [1.165, 1.54) is 10.4 Å². The molecule has 0 aliphatic heterocycles. The highest BCUT2D eigenvalue weighted by Crippen LogP contribution is 2.17. The van der Waals surface area contributed by atoms with Crippen molar-refractivity contribution in [1.82, 2.24) is 10.2 Å². The number of hydrogen-bond donors (Lipinski definition) is 1. The van der Waals surface area contributed by atoms with E-state index in [0.29, 0.717) is 6.04 Å². The van der Waals surface area contributed by atoms with Gasteiger partial charge in [0.1, 0.15) is 0 Å². The first-order valence-electron chi connectivity index (χ1n) is 6.85. The zero-order valence-electron chi connectivity index (χ0n) is 12.0. The molecular weight excluding hydrogens is 288 g/mol. The predicted molar refractivity (Wildman–Crippen MR) is 88.5 cm³/mol. The van der Waals surface area contributed by atoms with Crippen molar-refractivity contribution < 1.29 is 0 Å². The van der Waals surface area contributed by atoms with E-state index in [4.69, 9.17) is 11.6 Å². The van der Waals surface area contributed by atoms with Crippen molar-refractivity contribution in [2.75, 3.05) is 20.1 Å². The predicted octanol–water partition coefficient (Wildman–Crippen LogP) is 4.18. The Labute approximate surface area is 130 Å². The van der Waals surface area contributed by atoms with E-state index >= 15 is 0 Å². The first-order valence-corrected chi connectivity index (χ1v) is 8.10. The lowest BCUT2D eigenvalue weighted by atomic mass is 10.2. The van der Waals surface area contributed by atoms with E-state index in [0.717, 1.165) is 24.7 Å². The highest BCUT2D eigenvalue weighted by molar-refractivity contribution is 7.10. The molecule has 1 atom stereocenters. The molecule has 0 saturated carbocycles. The Morgan fingerprint density at radius 3 is 2.85 bits per heavy atom. The molecule has 0 amide bonds. The summed E-state index contributed by atoms with van der Waals surface area (Å²) in [4.78, 5) is 3.70. The molecule has 0 saturated heterocycles. The van der Waals surface area contributed by atoms with Crippen LogP contribution in [0.25, 0.3) is 0 Å². The van der Waals surface area contributed by atoms with Crippen LogP contribution in [0.1, 0.15) is 23.4 Å². The topological polar surface area (TPSA) is 15.3 Å². The molecule has 4 heteroatoms. The van der Waals surface area contributed by atoms with Gasteiger partial charge in [-0.1, -0.05) is 29.8 Å². The second-order valence-corrected chi connectivity index (χ2v) is 6.47. The maximum absolute atomic E-state index is 6.00. The van der Waals surface area contributed by atoms with Gasteiger partial charge >= 0.3 is 0 Å². The second-order valence-electron chi connectivity index (χ2n) is 5.06. The van der Waals surface area contributed by atoms with Crippen LogP contribution in [-0.2, 0) is 6.54 Å². The summed E-state index contributed by atoms with van der Waals surface area (Å²) < 4.78 is 0. The van der Waals surface area contributed by atoms with Crippen LogP contribution in [-0.4, -0.2) is 25.0 Å². The number of rotatable bonds is 7. The Kier molecular flexibility index (Phi) is 6.05. The third-order valence-corrected chi connectivity index (χ3v) is 4.55. The molecule has 108 valence electrons. The van der Waals surface area contributed by atoms with Gasteiger partial charge in [0.15, 0.2) is 0 Å². The molecule has 2 aromatic rings. The molecule has 1 N–H and O–H groups in total. The Bertz CT molecular complexity index is 513. The van der Waals surface area contributed by atoms with Gasteiger partial charge in [0.25, 0.3) is 0 Å². The monoisotopic (exact) mass is 308 g/mol. The van der Waals surface area contributed by atoms with Crippen molar-refractivity contribution in [3.05, 3.63) is 57.2 Å². The van der Waals surface area contributed by atoms with E-state index in [1.807, 2.05) is 18.2 Å². The van der Waals surface area contributed by atoms with Crippen LogP contribution in [0.3, 0.4) is 0 Å². The van der Waals surface area contributed by atoms with Crippen molar-refractivity contribution >= 4 is 22.9 Å². The lowest BCUT2D eigenvalue weighted by Crippen LogP contribution is -2.30. The number of thiophene rings is 1. The van der Waals surface area contributed by atoms with Crippen molar-refractivity contribution in [3.63, 3.8) is 0 Å². The standard InChI is InChI=1S/C16H21ClN2S/c1-13(16-7-4-10-20-16)18-8-9-19(2)12-14-5-3-6-15(17)11-14/h3-7,10-11,13,18H,8-9,12H2,1-2H3. The summed E-state index contributed by atoms with van der Waals surface area (Å²) in [5, 5.41) is 6.49. The summed E-state index contributed by atoms with van der Waals surface area (Å²) >= 11 is 7.80. The first-order chi connectivity index (χ1) is 9.65. The van der Waals surface area contributed by atoms with Crippen LogP contribution in [0.5, 0.6) is 0 Å². The molecule has 1 unspecified atom stereocenters. The fraction of sp³-hybridized carbons (Fsp3) is 0.375. The Hall–Kier alpha value is -0.870. The quantitative estimate of drug-likeness (QED) is 0.825. The Morgan fingerprint density at radius 1 is 1.30 bits per heavy atom. The zero-order valence-corrected chi connectivity index (χ0v) is 13.5. The van der Waals surface area contributed by atoms with Gasteiger partial charge in [-0.3, -0.25) is 0 Å². The molecular formula is C16H21ClN2S. The highest BCUT2D eigenvalue weighted by Gasteiger charge is 2.06.